The maximum atomic E-state index is 8.85. The average molecular weight is 279 g/mol. The monoisotopic (exact) mass is 279 g/mol. The highest BCUT2D eigenvalue weighted by Crippen LogP contribution is 2.39. The lowest BCUT2D eigenvalue weighted by Gasteiger charge is -2.31. The molecule has 2 aromatic rings. The number of benzene rings is 2. The molecule has 0 radical (unpaired) electrons. The van der Waals surface area contributed by atoms with Gasteiger partial charge in [0.15, 0.2) is 0 Å². The van der Waals surface area contributed by atoms with Crippen LogP contribution in [-0.2, 0) is 6.42 Å². The first-order chi connectivity index (χ1) is 10.3. The Morgan fingerprint density at radius 3 is 2.71 bits per heavy atom. The minimum Gasteiger partial charge on any atom is -0.497 e. The van der Waals surface area contributed by atoms with Crippen LogP contribution in [-0.4, -0.2) is 13.2 Å². The number of hydrogen-bond acceptors (Lipinski definition) is 2. The third-order valence-electron chi connectivity index (χ3n) is 4.14. The number of hydrogen-bond donors (Lipinski definition) is 0. The Kier molecular flexibility index (Phi) is 3.80. The molecule has 0 saturated carbocycles. The molecule has 0 aromatic heterocycles. The third-order valence-corrected chi connectivity index (χ3v) is 4.14. The first kappa shape index (κ1) is 13.5. The van der Waals surface area contributed by atoms with Crippen molar-refractivity contribution in [2.24, 2.45) is 5.11 Å². The van der Waals surface area contributed by atoms with Gasteiger partial charge in [0.2, 0.25) is 0 Å². The summed E-state index contributed by atoms with van der Waals surface area (Å²) in [6.07, 6.45) is 1.78. The summed E-state index contributed by atoms with van der Waals surface area (Å²) < 4.78 is 5.31. The van der Waals surface area contributed by atoms with Crippen molar-refractivity contribution in [3.63, 3.8) is 0 Å². The average Bonchev–Trinajstić information content (AvgIpc) is 2.55. The van der Waals surface area contributed by atoms with Crippen LogP contribution in [0.1, 0.15) is 29.0 Å². The molecule has 1 aliphatic rings. The van der Waals surface area contributed by atoms with Crippen LogP contribution in [0.5, 0.6) is 5.75 Å². The fourth-order valence-corrected chi connectivity index (χ4v) is 3.16. The van der Waals surface area contributed by atoms with Crippen molar-refractivity contribution < 1.29 is 4.74 Å². The number of methoxy groups -OCH3 is 1. The van der Waals surface area contributed by atoms with Crippen molar-refractivity contribution in [3.8, 4) is 5.75 Å². The molecular formula is C17H17N3O. The lowest BCUT2D eigenvalue weighted by Crippen LogP contribution is -2.24. The molecule has 0 unspecified atom stereocenters. The van der Waals surface area contributed by atoms with Crippen LogP contribution >= 0.6 is 0 Å². The van der Waals surface area contributed by atoms with Crippen LogP contribution in [0.3, 0.4) is 0 Å². The van der Waals surface area contributed by atoms with Crippen molar-refractivity contribution in [2.75, 3.05) is 7.11 Å². The fourth-order valence-electron chi connectivity index (χ4n) is 3.16. The molecule has 4 heteroatoms. The molecular weight excluding hydrogens is 262 g/mol. The molecule has 106 valence electrons. The van der Waals surface area contributed by atoms with E-state index in [-0.39, 0.29) is 12.0 Å². The SMILES string of the molecule is COc1ccc2c(c1)CC[C@H](N=[N+]=[N-])[C@@H]2c1ccccc1. The highest BCUT2D eigenvalue weighted by atomic mass is 16.5. The van der Waals surface area contributed by atoms with Crippen molar-refractivity contribution in [2.45, 2.75) is 24.8 Å². The summed E-state index contributed by atoms with van der Waals surface area (Å²) in [4.78, 5) is 3.04. The largest absolute Gasteiger partial charge is 0.497 e. The molecule has 4 nitrogen and oxygen atoms in total. The molecule has 2 aromatic carbocycles. The van der Waals surface area contributed by atoms with Gasteiger partial charge in [-0.05, 0) is 47.2 Å². The molecule has 0 heterocycles. The minimum atomic E-state index is -0.0294. The predicted molar refractivity (Wildman–Crippen MR) is 82.5 cm³/mol. The lowest BCUT2D eigenvalue weighted by molar-refractivity contribution is 0.412. The van der Waals surface area contributed by atoms with Crippen molar-refractivity contribution in [3.05, 3.63) is 75.7 Å². The summed E-state index contributed by atoms with van der Waals surface area (Å²) >= 11 is 0. The smallest absolute Gasteiger partial charge is 0.119 e. The zero-order valence-electron chi connectivity index (χ0n) is 11.9. The molecule has 1 aliphatic carbocycles. The minimum absolute atomic E-state index is 0.0294. The van der Waals surface area contributed by atoms with Crippen LogP contribution in [0.2, 0.25) is 0 Å². The van der Waals surface area contributed by atoms with E-state index < -0.39 is 0 Å². The molecule has 0 fully saturated rings. The highest BCUT2D eigenvalue weighted by molar-refractivity contribution is 5.45. The molecule has 0 spiro atoms. The molecule has 2 atom stereocenters. The maximum absolute atomic E-state index is 8.85. The summed E-state index contributed by atoms with van der Waals surface area (Å²) in [5.41, 5.74) is 12.6. The zero-order chi connectivity index (χ0) is 14.7. The number of azide groups is 1. The fraction of sp³-hybridized carbons (Fsp3) is 0.294. The van der Waals surface area contributed by atoms with Gasteiger partial charge in [-0.2, -0.15) is 0 Å². The van der Waals surface area contributed by atoms with E-state index in [4.69, 9.17) is 10.3 Å². The highest BCUT2D eigenvalue weighted by Gasteiger charge is 2.30. The van der Waals surface area contributed by atoms with E-state index in [1.54, 1.807) is 7.11 Å². The molecule has 21 heavy (non-hydrogen) atoms. The first-order valence-electron chi connectivity index (χ1n) is 7.09. The predicted octanol–water partition coefficient (Wildman–Crippen LogP) is 4.45. The molecule has 0 aliphatic heterocycles. The van der Waals surface area contributed by atoms with Gasteiger partial charge in [-0.15, -0.1) is 0 Å². The van der Waals surface area contributed by atoms with Crippen LogP contribution in [0.25, 0.3) is 10.4 Å². The van der Waals surface area contributed by atoms with E-state index >= 15 is 0 Å². The standard InChI is InChI=1S/C17H17N3O/c1-21-14-8-9-15-13(11-14)7-10-16(19-20-18)17(15)12-5-3-2-4-6-12/h2-6,8-9,11,16-17H,7,10H2,1H3/t16-,17+/m0/s1. The molecule has 0 saturated heterocycles. The first-order valence-corrected chi connectivity index (χ1v) is 7.09. The Morgan fingerprint density at radius 2 is 2.00 bits per heavy atom. The summed E-state index contributed by atoms with van der Waals surface area (Å²) in [6.45, 7) is 0. The normalized spacial score (nSPS) is 20.2. The number of fused-ring (bicyclic) bond motifs is 1. The second-order valence-corrected chi connectivity index (χ2v) is 5.26. The van der Waals surface area contributed by atoms with Gasteiger partial charge in [0.05, 0.1) is 7.11 Å². The van der Waals surface area contributed by atoms with Crippen molar-refractivity contribution >= 4 is 0 Å². The summed E-state index contributed by atoms with van der Waals surface area (Å²) in [5, 5.41) is 4.03. The Bertz CT molecular complexity index is 678. The van der Waals surface area contributed by atoms with E-state index in [0.29, 0.717) is 0 Å². The van der Waals surface area contributed by atoms with E-state index in [9.17, 15) is 0 Å². The lowest BCUT2D eigenvalue weighted by atomic mass is 9.76. The van der Waals surface area contributed by atoms with Gasteiger partial charge in [0, 0.05) is 16.9 Å². The van der Waals surface area contributed by atoms with E-state index in [0.717, 1.165) is 18.6 Å². The van der Waals surface area contributed by atoms with Gasteiger partial charge in [0.1, 0.15) is 5.75 Å². The van der Waals surface area contributed by atoms with Gasteiger partial charge in [-0.1, -0.05) is 41.5 Å². The van der Waals surface area contributed by atoms with Crippen LogP contribution in [0.4, 0.5) is 0 Å². The van der Waals surface area contributed by atoms with Gasteiger partial charge < -0.3 is 4.74 Å². The molecule has 0 amide bonds. The van der Waals surface area contributed by atoms with Crippen molar-refractivity contribution in [1.82, 2.24) is 0 Å². The van der Waals surface area contributed by atoms with Gasteiger partial charge in [-0.25, -0.2) is 0 Å². The van der Waals surface area contributed by atoms with Crippen LogP contribution in [0, 0.1) is 0 Å². The maximum Gasteiger partial charge on any atom is 0.119 e. The second-order valence-electron chi connectivity index (χ2n) is 5.26. The Balaban J connectivity index is 2.10. The third kappa shape index (κ3) is 2.58. The Morgan fingerprint density at radius 1 is 1.19 bits per heavy atom. The molecule has 0 bridgehead atoms. The topological polar surface area (TPSA) is 58.0 Å². The van der Waals surface area contributed by atoms with Gasteiger partial charge in [0.25, 0.3) is 0 Å². The summed E-state index contributed by atoms with van der Waals surface area (Å²) in [5.74, 6) is 1.000. The van der Waals surface area contributed by atoms with E-state index in [1.165, 1.54) is 16.7 Å². The second kappa shape index (κ2) is 5.90. The Hall–Kier alpha value is -2.45. The number of ether oxygens (including phenoxy) is 1. The van der Waals surface area contributed by atoms with Gasteiger partial charge in [-0.3, -0.25) is 0 Å². The van der Waals surface area contributed by atoms with E-state index in [2.05, 4.69) is 34.3 Å². The molecule has 3 rings (SSSR count). The zero-order valence-corrected chi connectivity index (χ0v) is 11.9. The van der Waals surface area contributed by atoms with Crippen LogP contribution in [0.15, 0.2) is 53.6 Å². The summed E-state index contributed by atoms with van der Waals surface area (Å²) in [7, 11) is 1.68. The summed E-state index contributed by atoms with van der Waals surface area (Å²) in [6, 6.07) is 16.4. The van der Waals surface area contributed by atoms with Crippen LogP contribution < -0.4 is 4.74 Å². The van der Waals surface area contributed by atoms with E-state index in [1.807, 2.05) is 24.3 Å². The number of rotatable bonds is 3. The quantitative estimate of drug-likeness (QED) is 0.465. The molecule has 0 N–H and O–H groups in total. The Labute approximate surface area is 124 Å². The number of aryl methyl sites for hydroxylation is 1. The van der Waals surface area contributed by atoms with Gasteiger partial charge >= 0.3 is 0 Å². The van der Waals surface area contributed by atoms with Crippen molar-refractivity contribution in [1.29, 1.82) is 0 Å². The number of nitrogens with zero attached hydrogens (tertiary/aromatic N) is 3.